The van der Waals surface area contributed by atoms with Gasteiger partial charge in [-0.1, -0.05) is 17.7 Å². The Morgan fingerprint density at radius 2 is 1.87 bits per heavy atom. The van der Waals surface area contributed by atoms with Gasteiger partial charge >= 0.3 is 5.97 Å². The van der Waals surface area contributed by atoms with Crippen LogP contribution in [0.4, 0.5) is 4.39 Å². The summed E-state index contributed by atoms with van der Waals surface area (Å²) in [5, 5.41) is -0.143. The fraction of sp³-hybridized carbons (Fsp3) is 0.500. The van der Waals surface area contributed by atoms with Crippen molar-refractivity contribution in [1.82, 2.24) is 4.98 Å². The van der Waals surface area contributed by atoms with E-state index in [1.54, 1.807) is 65.8 Å². The second-order valence-corrected chi connectivity index (χ2v) is 14.9. The van der Waals surface area contributed by atoms with Crippen molar-refractivity contribution in [1.29, 1.82) is 0 Å². The minimum Gasteiger partial charge on any atom is -0.460 e. The molecule has 0 amide bonds. The fourth-order valence-electron chi connectivity index (χ4n) is 5.21. The van der Waals surface area contributed by atoms with E-state index in [-0.39, 0.29) is 29.9 Å². The van der Waals surface area contributed by atoms with Crippen molar-refractivity contribution >= 4 is 38.8 Å². The summed E-state index contributed by atoms with van der Waals surface area (Å²) in [6, 6.07) is 7.58. The molecule has 2 aliphatic rings. The van der Waals surface area contributed by atoms with Crippen LogP contribution in [-0.2, 0) is 31.2 Å². The summed E-state index contributed by atoms with van der Waals surface area (Å²) in [5.41, 5.74) is -0.550. The Kier molecular flexibility index (Phi) is 7.33. The lowest BCUT2D eigenvalue weighted by Gasteiger charge is -2.46. The van der Waals surface area contributed by atoms with Gasteiger partial charge in [-0.25, -0.2) is 13.0 Å². The number of halogens is 2. The molecular formula is C28H33ClFN3O4S. The molecule has 0 saturated carbocycles. The van der Waals surface area contributed by atoms with Gasteiger partial charge in [-0.2, -0.15) is 0 Å². The highest BCUT2D eigenvalue weighted by Gasteiger charge is 2.57. The van der Waals surface area contributed by atoms with E-state index >= 15 is 4.39 Å². The van der Waals surface area contributed by atoms with Crippen molar-refractivity contribution in [2.45, 2.75) is 81.9 Å². The van der Waals surface area contributed by atoms with E-state index in [1.165, 1.54) is 12.3 Å². The summed E-state index contributed by atoms with van der Waals surface area (Å²) in [5.74, 6) is -1.27. The summed E-state index contributed by atoms with van der Waals surface area (Å²) in [6.07, 6.45) is 1.68. The van der Waals surface area contributed by atoms with Crippen LogP contribution in [0.15, 0.2) is 45.9 Å². The maximum atomic E-state index is 15.5. The molecule has 0 aliphatic carbocycles. The molecular weight excluding hydrogens is 529 g/mol. The zero-order valence-electron chi connectivity index (χ0n) is 22.5. The molecule has 0 radical (unpaired) electrons. The van der Waals surface area contributed by atoms with Crippen LogP contribution in [-0.4, -0.2) is 48.8 Å². The third kappa shape index (κ3) is 5.15. The van der Waals surface area contributed by atoms with Crippen LogP contribution in [0.2, 0.25) is 5.02 Å². The SMILES string of the molecule is CC(C)(C)OC(=O)CC1=N[C@](C)(c2cc(CC(=O)c3ccc(Cl)cn3)ccc2F)[C@@H]2CCN=[S@]2(=O)C1(C)C. The van der Waals surface area contributed by atoms with Crippen LogP contribution in [0.1, 0.15) is 76.0 Å². The number of pyridine rings is 1. The maximum absolute atomic E-state index is 15.5. The van der Waals surface area contributed by atoms with Gasteiger partial charge in [0.25, 0.3) is 0 Å². The van der Waals surface area contributed by atoms with E-state index in [9.17, 15) is 13.8 Å². The van der Waals surface area contributed by atoms with Crippen molar-refractivity contribution in [2.24, 2.45) is 9.36 Å². The average Bonchev–Trinajstić information content (AvgIpc) is 3.23. The molecule has 1 aromatic heterocycles. The number of fused-ring (bicyclic) bond motifs is 1. The highest BCUT2D eigenvalue weighted by atomic mass is 35.5. The zero-order chi connectivity index (χ0) is 28.1. The summed E-state index contributed by atoms with van der Waals surface area (Å²) < 4.78 is 39.0. The number of esters is 1. The first kappa shape index (κ1) is 28.4. The normalized spacial score (nSPS) is 26.2. The van der Waals surface area contributed by atoms with E-state index in [0.717, 1.165) is 0 Å². The van der Waals surface area contributed by atoms with Crippen LogP contribution in [0.25, 0.3) is 0 Å². The number of rotatable bonds is 6. The molecule has 4 rings (SSSR count). The van der Waals surface area contributed by atoms with Crippen molar-refractivity contribution in [2.75, 3.05) is 6.54 Å². The number of hydrogen-bond donors (Lipinski definition) is 0. The van der Waals surface area contributed by atoms with Crippen molar-refractivity contribution in [3.8, 4) is 0 Å². The Morgan fingerprint density at radius 3 is 2.50 bits per heavy atom. The van der Waals surface area contributed by atoms with Gasteiger partial charge in [0.2, 0.25) is 0 Å². The molecule has 0 unspecified atom stereocenters. The molecule has 10 heteroatoms. The number of aromatic nitrogens is 1. The number of hydrogen-bond acceptors (Lipinski definition) is 7. The van der Waals surface area contributed by atoms with Crippen LogP contribution in [0, 0.1) is 5.82 Å². The highest BCUT2D eigenvalue weighted by molar-refractivity contribution is 7.96. The number of benzene rings is 1. The molecule has 0 fully saturated rings. The first-order valence-electron chi connectivity index (χ1n) is 12.5. The molecule has 1 aromatic carbocycles. The van der Waals surface area contributed by atoms with Crippen LogP contribution in [0.3, 0.4) is 0 Å². The highest BCUT2D eigenvalue weighted by Crippen LogP contribution is 2.49. The van der Waals surface area contributed by atoms with Gasteiger partial charge in [-0.3, -0.25) is 19.6 Å². The largest absolute Gasteiger partial charge is 0.460 e. The number of aliphatic imine (C=N–C) groups is 1. The van der Waals surface area contributed by atoms with Crippen molar-refractivity contribution in [3.05, 3.63) is 64.2 Å². The number of ketones is 1. The standard InChI is InChI=1S/C28H33ClFN3O4S/c1-26(2,3)37-25(35)15-23-27(4,5)38(36)24(11-12-32-38)28(6,33-23)19-13-17(7-9-20(19)30)14-22(34)21-10-8-18(29)16-31-21/h7-10,13,16,24H,11-12,14-15H2,1-6H3/t24-,28+,38+/m0/s1. The van der Waals surface area contributed by atoms with E-state index in [1.807, 2.05) is 0 Å². The lowest BCUT2D eigenvalue weighted by Crippen LogP contribution is -2.56. The Balaban J connectivity index is 1.78. The molecule has 2 aliphatic heterocycles. The average molecular weight is 562 g/mol. The van der Waals surface area contributed by atoms with Gasteiger partial charge in [-0.05, 0) is 77.8 Å². The van der Waals surface area contributed by atoms with Gasteiger partial charge < -0.3 is 4.74 Å². The van der Waals surface area contributed by atoms with Gasteiger partial charge in [0.05, 0.1) is 31.2 Å². The van der Waals surface area contributed by atoms with Gasteiger partial charge in [0, 0.05) is 30.4 Å². The topological polar surface area (TPSA) is 98.1 Å². The van der Waals surface area contributed by atoms with Crippen LogP contribution < -0.4 is 0 Å². The van der Waals surface area contributed by atoms with E-state index in [0.29, 0.717) is 29.3 Å². The Hall–Kier alpha value is -2.65. The predicted molar refractivity (Wildman–Crippen MR) is 147 cm³/mol. The van der Waals surface area contributed by atoms with Gasteiger partial charge in [0.15, 0.2) is 5.78 Å². The molecule has 0 spiro atoms. The molecule has 3 atom stereocenters. The fourth-order valence-corrected chi connectivity index (χ4v) is 8.59. The summed E-state index contributed by atoms with van der Waals surface area (Å²) in [6.45, 7) is 11.0. The monoisotopic (exact) mass is 561 g/mol. The zero-order valence-corrected chi connectivity index (χ0v) is 24.1. The third-order valence-corrected chi connectivity index (χ3v) is 11.1. The van der Waals surface area contributed by atoms with E-state index in [4.69, 9.17) is 21.3 Å². The molecule has 38 heavy (non-hydrogen) atoms. The summed E-state index contributed by atoms with van der Waals surface area (Å²) in [7, 11) is -2.94. The lowest BCUT2D eigenvalue weighted by atomic mass is 9.84. The summed E-state index contributed by atoms with van der Waals surface area (Å²) in [4.78, 5) is 34.7. The molecule has 0 saturated heterocycles. The molecule has 204 valence electrons. The van der Waals surface area contributed by atoms with Crippen molar-refractivity contribution in [3.63, 3.8) is 0 Å². The number of carbonyl (C=O) groups excluding carboxylic acids is 2. The first-order valence-corrected chi connectivity index (χ1v) is 14.5. The predicted octanol–water partition coefficient (Wildman–Crippen LogP) is 5.72. The van der Waals surface area contributed by atoms with Gasteiger partial charge in [-0.15, -0.1) is 0 Å². The Bertz CT molecular complexity index is 1440. The molecule has 7 nitrogen and oxygen atoms in total. The Labute approximate surface area is 228 Å². The second-order valence-electron chi connectivity index (χ2n) is 11.5. The van der Waals surface area contributed by atoms with E-state index in [2.05, 4.69) is 9.35 Å². The smallest absolute Gasteiger partial charge is 0.312 e. The Morgan fingerprint density at radius 1 is 1.16 bits per heavy atom. The number of ether oxygens (including phenoxy) is 1. The molecule has 3 heterocycles. The number of Topliss-reactive ketones (excluding diaryl/α,β-unsaturated/α-hetero) is 1. The number of carbonyl (C=O) groups is 2. The maximum Gasteiger partial charge on any atom is 0.312 e. The second kappa shape index (κ2) is 9.83. The lowest BCUT2D eigenvalue weighted by molar-refractivity contribution is -0.153. The first-order chi connectivity index (χ1) is 17.6. The van der Waals surface area contributed by atoms with Gasteiger partial charge in [0.1, 0.15) is 22.7 Å². The summed E-state index contributed by atoms with van der Waals surface area (Å²) >= 11 is 5.88. The van der Waals surface area contributed by atoms with Crippen molar-refractivity contribution < 1.29 is 22.9 Å². The van der Waals surface area contributed by atoms with Crippen LogP contribution in [0.5, 0.6) is 0 Å². The molecule has 0 bridgehead atoms. The van der Waals surface area contributed by atoms with E-state index < -0.39 is 42.7 Å². The number of nitrogens with zero attached hydrogens (tertiary/aromatic N) is 3. The minimum absolute atomic E-state index is 0.0115. The third-order valence-electron chi connectivity index (χ3n) is 7.17. The molecule has 0 N–H and O–H groups in total. The quantitative estimate of drug-likeness (QED) is 0.332. The molecule has 2 aromatic rings. The minimum atomic E-state index is -2.94. The van der Waals surface area contributed by atoms with Crippen LogP contribution >= 0.6 is 11.6 Å².